The Morgan fingerprint density at radius 2 is 2.00 bits per heavy atom. The van der Waals surface area contributed by atoms with Gasteiger partial charge in [0.15, 0.2) is 5.78 Å². The molecule has 0 atom stereocenters. The number of imide groups is 1. The zero-order valence-corrected chi connectivity index (χ0v) is 9.80. The topological polar surface area (TPSA) is 75.7 Å². The zero-order valence-electron chi connectivity index (χ0n) is 9.80. The maximum Gasteiger partial charge on any atom is 0.329 e. The first-order valence-corrected chi connectivity index (χ1v) is 5.40. The summed E-state index contributed by atoms with van der Waals surface area (Å²) in [5, 5.41) is 2.19. The molecule has 0 radical (unpaired) electrons. The molecule has 0 saturated carbocycles. The lowest BCUT2D eigenvalue weighted by molar-refractivity contribution is -0.119. The highest BCUT2D eigenvalue weighted by Gasteiger charge is 2.27. The number of rotatable bonds is 4. The van der Waals surface area contributed by atoms with Crippen molar-refractivity contribution in [1.82, 2.24) is 5.32 Å². The minimum atomic E-state index is -0.433. The molecule has 0 unspecified atom stereocenters. The molecule has 94 valence electrons. The summed E-state index contributed by atoms with van der Waals surface area (Å²) in [5.74, 6) is 0.153. The number of carbonyl (C=O) groups excluding carboxylic acids is 3. The zero-order chi connectivity index (χ0) is 13.1. The Kier molecular flexibility index (Phi) is 3.27. The van der Waals surface area contributed by atoms with Crippen LogP contribution in [0.2, 0.25) is 0 Å². The standard InChI is InChI=1S/C12H12N2O4/c1-8(15)7-18-10-4-2-9(3-5-10)14-6-11(16)13-12(14)17/h2-5H,6-7H2,1H3,(H,13,16,17). The van der Waals surface area contributed by atoms with Crippen molar-refractivity contribution in [2.24, 2.45) is 0 Å². The Hall–Kier alpha value is -2.37. The lowest BCUT2D eigenvalue weighted by Gasteiger charge is -2.13. The Labute approximate surface area is 104 Å². The third-order valence-corrected chi connectivity index (χ3v) is 2.38. The van der Waals surface area contributed by atoms with Gasteiger partial charge in [-0.2, -0.15) is 0 Å². The van der Waals surface area contributed by atoms with Crippen LogP contribution in [-0.2, 0) is 9.59 Å². The summed E-state index contributed by atoms with van der Waals surface area (Å²) in [4.78, 5) is 34.5. The Balaban J connectivity index is 2.05. The number of carbonyl (C=O) groups is 3. The first kappa shape index (κ1) is 12.1. The fraction of sp³-hybridized carbons (Fsp3) is 0.250. The highest BCUT2D eigenvalue weighted by Crippen LogP contribution is 2.20. The molecular weight excluding hydrogens is 236 g/mol. The molecule has 1 fully saturated rings. The van der Waals surface area contributed by atoms with Crippen molar-refractivity contribution >= 4 is 23.4 Å². The number of ketones is 1. The van der Waals surface area contributed by atoms with Crippen molar-refractivity contribution in [2.75, 3.05) is 18.1 Å². The lowest BCUT2D eigenvalue weighted by Crippen LogP contribution is -2.27. The molecule has 6 heteroatoms. The van der Waals surface area contributed by atoms with Crippen LogP contribution in [0.4, 0.5) is 10.5 Å². The number of Topliss-reactive ketones (excluding diaryl/α,β-unsaturated/α-hetero) is 1. The van der Waals surface area contributed by atoms with Gasteiger partial charge >= 0.3 is 6.03 Å². The molecule has 1 aliphatic rings. The van der Waals surface area contributed by atoms with Crippen molar-refractivity contribution in [1.29, 1.82) is 0 Å². The largest absolute Gasteiger partial charge is 0.486 e. The van der Waals surface area contributed by atoms with Gasteiger partial charge in [-0.25, -0.2) is 4.79 Å². The van der Waals surface area contributed by atoms with E-state index in [-0.39, 0.29) is 24.8 Å². The number of nitrogens with one attached hydrogen (secondary N) is 1. The molecule has 1 aliphatic heterocycles. The predicted octanol–water partition coefficient (Wildman–Crippen LogP) is 0.711. The van der Waals surface area contributed by atoms with E-state index in [1.807, 2.05) is 0 Å². The van der Waals surface area contributed by atoms with Gasteiger partial charge < -0.3 is 4.74 Å². The third-order valence-electron chi connectivity index (χ3n) is 2.38. The monoisotopic (exact) mass is 248 g/mol. The highest BCUT2D eigenvalue weighted by molar-refractivity contribution is 6.12. The van der Waals surface area contributed by atoms with Crippen LogP contribution in [0, 0.1) is 0 Å². The van der Waals surface area contributed by atoms with Gasteiger partial charge in [-0.3, -0.25) is 19.8 Å². The summed E-state index contributed by atoms with van der Waals surface area (Å²) < 4.78 is 5.20. The van der Waals surface area contributed by atoms with E-state index in [1.165, 1.54) is 11.8 Å². The van der Waals surface area contributed by atoms with Gasteiger partial charge in [0.05, 0.1) is 0 Å². The van der Waals surface area contributed by atoms with E-state index < -0.39 is 6.03 Å². The molecule has 1 saturated heterocycles. The third kappa shape index (κ3) is 2.65. The SMILES string of the molecule is CC(=O)COc1ccc(N2CC(=O)NC2=O)cc1. The van der Waals surface area contributed by atoms with E-state index in [1.54, 1.807) is 24.3 Å². The quantitative estimate of drug-likeness (QED) is 0.796. The van der Waals surface area contributed by atoms with Crippen molar-refractivity contribution < 1.29 is 19.1 Å². The van der Waals surface area contributed by atoms with Crippen LogP contribution in [0.25, 0.3) is 0 Å². The molecule has 6 nitrogen and oxygen atoms in total. The predicted molar refractivity (Wildman–Crippen MR) is 63.5 cm³/mol. The van der Waals surface area contributed by atoms with E-state index in [9.17, 15) is 14.4 Å². The van der Waals surface area contributed by atoms with E-state index in [4.69, 9.17) is 4.74 Å². The van der Waals surface area contributed by atoms with Crippen LogP contribution in [0.1, 0.15) is 6.92 Å². The molecule has 18 heavy (non-hydrogen) atoms. The molecule has 1 N–H and O–H groups in total. The van der Waals surface area contributed by atoms with Crippen LogP contribution in [0.5, 0.6) is 5.75 Å². The summed E-state index contributed by atoms with van der Waals surface area (Å²) >= 11 is 0. The molecule has 3 amide bonds. The lowest BCUT2D eigenvalue weighted by atomic mass is 10.3. The molecule has 1 aromatic carbocycles. The van der Waals surface area contributed by atoms with Gasteiger partial charge in [0.2, 0.25) is 5.91 Å². The summed E-state index contributed by atoms with van der Waals surface area (Å²) in [7, 11) is 0. The van der Waals surface area contributed by atoms with Gasteiger partial charge in [0, 0.05) is 5.69 Å². The molecule has 0 bridgehead atoms. The van der Waals surface area contributed by atoms with Crippen molar-refractivity contribution in [2.45, 2.75) is 6.92 Å². The maximum atomic E-state index is 11.4. The van der Waals surface area contributed by atoms with E-state index in [0.29, 0.717) is 11.4 Å². The van der Waals surface area contributed by atoms with Crippen molar-refractivity contribution in [3.63, 3.8) is 0 Å². The van der Waals surface area contributed by atoms with Crippen molar-refractivity contribution in [3.8, 4) is 5.75 Å². The van der Waals surface area contributed by atoms with Gasteiger partial charge in [-0.15, -0.1) is 0 Å². The number of anilines is 1. The summed E-state index contributed by atoms with van der Waals surface area (Å²) in [6.45, 7) is 1.48. The van der Waals surface area contributed by atoms with Crippen LogP contribution >= 0.6 is 0 Å². The number of hydrogen-bond donors (Lipinski definition) is 1. The van der Waals surface area contributed by atoms with Gasteiger partial charge in [-0.1, -0.05) is 0 Å². The number of ether oxygens (including phenoxy) is 1. The molecule has 0 aromatic heterocycles. The van der Waals surface area contributed by atoms with Gasteiger partial charge in [0.25, 0.3) is 0 Å². The molecular formula is C12H12N2O4. The van der Waals surface area contributed by atoms with Crippen molar-refractivity contribution in [3.05, 3.63) is 24.3 Å². The van der Waals surface area contributed by atoms with E-state index in [2.05, 4.69) is 5.32 Å². The normalized spacial score (nSPS) is 14.6. The number of nitrogens with zero attached hydrogens (tertiary/aromatic N) is 1. The number of benzene rings is 1. The second-order valence-electron chi connectivity index (χ2n) is 3.92. The maximum absolute atomic E-state index is 11.4. The number of amides is 3. The Bertz CT molecular complexity index is 495. The second kappa shape index (κ2) is 4.87. The average molecular weight is 248 g/mol. The Morgan fingerprint density at radius 3 is 2.50 bits per heavy atom. The van der Waals surface area contributed by atoms with Gasteiger partial charge in [-0.05, 0) is 31.2 Å². The highest BCUT2D eigenvalue weighted by atomic mass is 16.5. The van der Waals surface area contributed by atoms with Crippen LogP contribution < -0.4 is 15.0 Å². The van der Waals surface area contributed by atoms with E-state index in [0.717, 1.165) is 0 Å². The summed E-state index contributed by atoms with van der Waals surface area (Å²) in [5.41, 5.74) is 0.605. The molecule has 1 aromatic rings. The summed E-state index contributed by atoms with van der Waals surface area (Å²) in [6, 6.07) is 6.18. The number of urea groups is 1. The van der Waals surface area contributed by atoms with Gasteiger partial charge in [0.1, 0.15) is 18.9 Å². The van der Waals surface area contributed by atoms with Crippen LogP contribution in [0.3, 0.4) is 0 Å². The fourth-order valence-corrected chi connectivity index (χ4v) is 1.56. The fourth-order valence-electron chi connectivity index (χ4n) is 1.56. The smallest absolute Gasteiger partial charge is 0.329 e. The minimum Gasteiger partial charge on any atom is -0.486 e. The average Bonchev–Trinajstić information content (AvgIpc) is 2.66. The molecule has 2 rings (SSSR count). The first-order chi connectivity index (χ1) is 8.56. The number of hydrogen-bond acceptors (Lipinski definition) is 4. The minimum absolute atomic E-state index is 0.0159. The van der Waals surface area contributed by atoms with Crippen LogP contribution in [-0.4, -0.2) is 30.9 Å². The molecule has 1 heterocycles. The summed E-state index contributed by atoms with van der Waals surface area (Å²) in [6.07, 6.45) is 0. The first-order valence-electron chi connectivity index (χ1n) is 5.40. The molecule has 0 aliphatic carbocycles. The molecule has 0 spiro atoms. The van der Waals surface area contributed by atoms with Crippen LogP contribution in [0.15, 0.2) is 24.3 Å². The second-order valence-corrected chi connectivity index (χ2v) is 3.92. The Morgan fingerprint density at radius 1 is 1.33 bits per heavy atom. The van der Waals surface area contributed by atoms with E-state index >= 15 is 0 Å².